The standard InChI is InChI=1S/C26H21NOP/c1-4-12-21(13-5-1)29(22-14-6-2-7-15-22,23-16-8-3-9-17-23)20-26-27-24-18-10-11-19-25(24)28-26/h1-19H,20H2/q+1. The maximum Gasteiger partial charge on any atom is 0.234 e. The molecular formula is C26H21NOP+. The van der Waals surface area contributed by atoms with Gasteiger partial charge in [0.15, 0.2) is 5.58 Å². The Labute approximate surface area is 171 Å². The SMILES string of the molecule is c1ccc([P+](Cc2nc3ccccc3o2)(c2ccccc2)c2ccccc2)cc1. The summed E-state index contributed by atoms with van der Waals surface area (Å²) in [6.07, 6.45) is 0.750. The molecule has 0 amide bonds. The van der Waals surface area contributed by atoms with Crippen LogP contribution in [0.3, 0.4) is 0 Å². The first-order valence-corrected chi connectivity index (χ1v) is 11.7. The van der Waals surface area contributed by atoms with Crippen LogP contribution in [0.2, 0.25) is 0 Å². The Morgan fingerprint density at radius 1 is 0.552 bits per heavy atom. The summed E-state index contributed by atoms with van der Waals surface area (Å²) in [7, 11) is -1.99. The van der Waals surface area contributed by atoms with Crippen LogP contribution >= 0.6 is 7.26 Å². The molecule has 0 atom stereocenters. The molecule has 1 heterocycles. The van der Waals surface area contributed by atoms with Crippen LogP contribution in [0.25, 0.3) is 11.1 Å². The van der Waals surface area contributed by atoms with Crippen LogP contribution in [0, 0.1) is 0 Å². The Morgan fingerprint density at radius 2 is 1.00 bits per heavy atom. The van der Waals surface area contributed by atoms with Crippen LogP contribution in [0.1, 0.15) is 5.89 Å². The molecule has 0 aliphatic heterocycles. The molecule has 0 bridgehead atoms. The second-order valence-corrected chi connectivity index (χ2v) is 10.5. The number of aromatic nitrogens is 1. The maximum atomic E-state index is 6.20. The van der Waals surface area contributed by atoms with E-state index in [0.717, 1.165) is 23.2 Å². The van der Waals surface area contributed by atoms with Gasteiger partial charge < -0.3 is 4.42 Å². The zero-order valence-electron chi connectivity index (χ0n) is 16.0. The van der Waals surface area contributed by atoms with Crippen molar-refractivity contribution in [2.45, 2.75) is 6.16 Å². The molecule has 0 radical (unpaired) electrons. The lowest BCUT2D eigenvalue weighted by Crippen LogP contribution is -2.32. The zero-order chi connectivity index (χ0) is 19.5. The van der Waals surface area contributed by atoms with E-state index in [2.05, 4.69) is 91.0 Å². The van der Waals surface area contributed by atoms with E-state index in [4.69, 9.17) is 9.40 Å². The number of nitrogens with zero attached hydrogens (tertiary/aromatic N) is 1. The third-order valence-electron chi connectivity index (χ3n) is 5.30. The van der Waals surface area contributed by atoms with Gasteiger partial charge in [-0.05, 0) is 48.5 Å². The van der Waals surface area contributed by atoms with Crippen molar-refractivity contribution >= 4 is 34.3 Å². The minimum Gasteiger partial charge on any atom is -0.437 e. The normalized spacial score (nSPS) is 11.6. The van der Waals surface area contributed by atoms with Gasteiger partial charge in [-0.15, -0.1) is 0 Å². The summed E-state index contributed by atoms with van der Waals surface area (Å²) in [5.41, 5.74) is 1.75. The van der Waals surface area contributed by atoms with Crippen LogP contribution in [-0.2, 0) is 6.16 Å². The molecule has 2 nitrogen and oxygen atoms in total. The van der Waals surface area contributed by atoms with Gasteiger partial charge >= 0.3 is 0 Å². The van der Waals surface area contributed by atoms with Crippen LogP contribution in [0.4, 0.5) is 0 Å². The van der Waals surface area contributed by atoms with Gasteiger partial charge in [-0.2, -0.15) is 0 Å². The van der Waals surface area contributed by atoms with E-state index in [1.54, 1.807) is 0 Å². The molecule has 5 rings (SSSR count). The molecule has 1 aromatic heterocycles. The van der Waals surface area contributed by atoms with Crippen molar-refractivity contribution in [3.8, 4) is 0 Å². The lowest BCUT2D eigenvalue weighted by Gasteiger charge is -2.26. The summed E-state index contributed by atoms with van der Waals surface area (Å²) in [6.45, 7) is 0. The molecule has 4 aromatic carbocycles. The molecule has 0 aliphatic rings. The maximum absolute atomic E-state index is 6.20. The molecule has 29 heavy (non-hydrogen) atoms. The molecular weight excluding hydrogens is 373 g/mol. The summed E-state index contributed by atoms with van der Waals surface area (Å²) >= 11 is 0. The van der Waals surface area contributed by atoms with Crippen LogP contribution in [-0.4, -0.2) is 4.98 Å². The number of para-hydroxylation sites is 2. The molecule has 0 saturated heterocycles. The summed E-state index contributed by atoms with van der Waals surface area (Å²) in [6, 6.07) is 40.5. The van der Waals surface area contributed by atoms with E-state index in [1.165, 1.54) is 15.9 Å². The van der Waals surface area contributed by atoms with Crippen molar-refractivity contribution < 1.29 is 4.42 Å². The quantitative estimate of drug-likeness (QED) is 0.377. The number of oxazole rings is 1. The van der Waals surface area contributed by atoms with Gasteiger partial charge in [-0.25, -0.2) is 4.98 Å². The minimum absolute atomic E-state index is 0.750. The van der Waals surface area contributed by atoms with E-state index in [9.17, 15) is 0 Å². The zero-order valence-corrected chi connectivity index (χ0v) is 16.9. The highest BCUT2D eigenvalue weighted by Crippen LogP contribution is 2.58. The first-order chi connectivity index (χ1) is 14.4. The van der Waals surface area contributed by atoms with Gasteiger partial charge in [0.25, 0.3) is 0 Å². The Hall–Kier alpha value is -3.22. The molecule has 0 fully saturated rings. The second kappa shape index (κ2) is 7.66. The Kier molecular flexibility index (Phi) is 4.71. The highest BCUT2D eigenvalue weighted by Gasteiger charge is 2.46. The topological polar surface area (TPSA) is 26.0 Å². The third kappa shape index (κ3) is 3.26. The lowest BCUT2D eigenvalue weighted by molar-refractivity contribution is 0.555. The number of rotatable bonds is 5. The number of hydrogen-bond donors (Lipinski definition) is 0. The van der Waals surface area contributed by atoms with Gasteiger partial charge in [0.2, 0.25) is 5.89 Å². The van der Waals surface area contributed by atoms with Crippen LogP contribution < -0.4 is 15.9 Å². The summed E-state index contributed by atoms with van der Waals surface area (Å²) in [5.74, 6) is 0.788. The Balaban J connectivity index is 1.77. The van der Waals surface area contributed by atoms with Gasteiger partial charge in [0.05, 0.1) is 0 Å². The molecule has 140 valence electrons. The highest BCUT2D eigenvalue weighted by atomic mass is 31.2. The Morgan fingerprint density at radius 3 is 1.48 bits per heavy atom. The fourth-order valence-corrected chi connectivity index (χ4v) is 7.99. The van der Waals surface area contributed by atoms with Gasteiger partial charge in [0, 0.05) is 0 Å². The largest absolute Gasteiger partial charge is 0.437 e. The molecule has 0 unspecified atom stereocenters. The highest BCUT2D eigenvalue weighted by molar-refractivity contribution is 7.95. The first-order valence-electron chi connectivity index (χ1n) is 9.76. The van der Waals surface area contributed by atoms with E-state index in [0.29, 0.717) is 0 Å². The minimum atomic E-state index is -1.99. The summed E-state index contributed by atoms with van der Waals surface area (Å²) in [5, 5.41) is 4.00. The van der Waals surface area contributed by atoms with Gasteiger partial charge in [0.1, 0.15) is 34.9 Å². The lowest BCUT2D eigenvalue weighted by atomic mass is 10.3. The predicted molar refractivity (Wildman–Crippen MR) is 123 cm³/mol. The molecule has 3 heteroatoms. The smallest absolute Gasteiger partial charge is 0.234 e. The van der Waals surface area contributed by atoms with E-state index < -0.39 is 7.26 Å². The third-order valence-corrected chi connectivity index (χ3v) is 9.59. The van der Waals surface area contributed by atoms with Crippen molar-refractivity contribution in [1.82, 2.24) is 4.98 Å². The number of fused-ring (bicyclic) bond motifs is 1. The Bertz CT molecular complexity index is 1090. The van der Waals surface area contributed by atoms with Crippen molar-refractivity contribution in [3.05, 3.63) is 121 Å². The van der Waals surface area contributed by atoms with Crippen LogP contribution in [0.5, 0.6) is 0 Å². The fraction of sp³-hybridized carbons (Fsp3) is 0.0385. The molecule has 0 N–H and O–H groups in total. The fourth-order valence-electron chi connectivity index (χ4n) is 3.96. The van der Waals surface area contributed by atoms with Crippen molar-refractivity contribution in [3.63, 3.8) is 0 Å². The second-order valence-electron chi connectivity index (χ2n) is 7.05. The van der Waals surface area contributed by atoms with E-state index in [-0.39, 0.29) is 0 Å². The molecule has 0 aliphatic carbocycles. The van der Waals surface area contributed by atoms with Gasteiger partial charge in [-0.3, -0.25) is 0 Å². The number of benzene rings is 4. The average Bonchev–Trinajstić information content (AvgIpc) is 3.22. The van der Waals surface area contributed by atoms with Crippen molar-refractivity contribution in [2.75, 3.05) is 0 Å². The monoisotopic (exact) mass is 394 g/mol. The number of hydrogen-bond acceptors (Lipinski definition) is 2. The van der Waals surface area contributed by atoms with Crippen molar-refractivity contribution in [1.29, 1.82) is 0 Å². The van der Waals surface area contributed by atoms with Crippen molar-refractivity contribution in [2.24, 2.45) is 0 Å². The first kappa shape index (κ1) is 17.8. The average molecular weight is 394 g/mol. The van der Waals surface area contributed by atoms with Crippen LogP contribution in [0.15, 0.2) is 120 Å². The predicted octanol–water partition coefficient (Wildman–Crippen LogP) is 5.32. The van der Waals surface area contributed by atoms with Gasteiger partial charge in [-0.1, -0.05) is 66.7 Å². The van der Waals surface area contributed by atoms with E-state index in [1.807, 2.05) is 24.3 Å². The molecule has 5 aromatic rings. The summed E-state index contributed by atoms with van der Waals surface area (Å²) in [4.78, 5) is 4.84. The molecule has 0 spiro atoms. The van der Waals surface area contributed by atoms with E-state index >= 15 is 0 Å². The summed E-state index contributed by atoms with van der Waals surface area (Å²) < 4.78 is 6.20. The molecule has 0 saturated carbocycles.